The van der Waals surface area contributed by atoms with Crippen molar-refractivity contribution in [3.63, 3.8) is 0 Å². The molecule has 0 rings (SSSR count). The summed E-state index contributed by atoms with van der Waals surface area (Å²) >= 11 is 0. The topological polar surface area (TPSA) is 186 Å². The summed E-state index contributed by atoms with van der Waals surface area (Å²) in [6.07, 6.45) is -3.49. The average Bonchev–Trinajstić information content (AvgIpc) is 2.16. The van der Waals surface area contributed by atoms with E-state index in [0.717, 1.165) is 0 Å². The van der Waals surface area contributed by atoms with Crippen LogP contribution in [-0.4, -0.2) is 61.3 Å². The molecule has 0 bridgehead atoms. The van der Waals surface area contributed by atoms with Gasteiger partial charge in [-0.25, -0.2) is 9.59 Å². The fourth-order valence-corrected chi connectivity index (χ4v) is 0.466. The molecule has 0 aliphatic carbocycles. The van der Waals surface area contributed by atoms with Gasteiger partial charge in [-0.15, -0.1) is 0 Å². The Morgan fingerprint density at radius 2 is 1.28 bits per heavy atom. The van der Waals surface area contributed by atoms with Gasteiger partial charge in [0.2, 0.25) is 0 Å². The van der Waals surface area contributed by atoms with Crippen molar-refractivity contribution in [2.24, 2.45) is 0 Å². The van der Waals surface area contributed by atoms with Crippen molar-refractivity contribution < 1.29 is 49.5 Å². The molecule has 0 saturated heterocycles. The molecule has 0 amide bonds. The van der Waals surface area contributed by atoms with Crippen molar-refractivity contribution in [1.82, 2.24) is 0 Å². The number of aliphatic hydroxyl groups is 1. The van der Waals surface area contributed by atoms with Gasteiger partial charge in [0.05, 0.1) is 6.42 Å². The van der Waals surface area contributed by atoms with Crippen LogP contribution in [0.5, 0.6) is 0 Å². The summed E-state index contributed by atoms with van der Waals surface area (Å²) < 4.78 is 0. The monoisotopic (exact) mass is 266 g/mol. The second kappa shape index (κ2) is 8.64. The van der Waals surface area contributed by atoms with E-state index in [2.05, 4.69) is 0 Å². The van der Waals surface area contributed by atoms with Crippen LogP contribution in [0.4, 0.5) is 0 Å². The van der Waals surface area contributed by atoms with Crippen LogP contribution >= 0.6 is 0 Å². The molecule has 0 aromatic carbocycles. The molecular weight excluding hydrogens is 256 g/mol. The highest BCUT2D eigenvalue weighted by Crippen LogP contribution is 1.89. The summed E-state index contributed by atoms with van der Waals surface area (Å²) in [6, 6.07) is 0. The van der Waals surface area contributed by atoms with Crippen molar-refractivity contribution in [1.29, 1.82) is 0 Å². The minimum atomic E-state index is -1.79. The van der Waals surface area contributed by atoms with Gasteiger partial charge in [0.25, 0.3) is 5.78 Å². The summed E-state index contributed by atoms with van der Waals surface area (Å²) in [6.45, 7) is 0. The highest BCUT2D eigenvalue weighted by atomic mass is 16.4. The third-order valence-electron chi connectivity index (χ3n) is 1.20. The Bertz CT molecular complexity index is 357. The van der Waals surface area contributed by atoms with E-state index in [-0.39, 0.29) is 0 Å². The lowest BCUT2D eigenvalue weighted by Gasteiger charge is -1.97. The van der Waals surface area contributed by atoms with Gasteiger partial charge in [-0.3, -0.25) is 14.4 Å². The lowest BCUT2D eigenvalue weighted by atomic mass is 10.3. The molecule has 5 N–H and O–H groups in total. The molecule has 0 fully saturated rings. The molecule has 0 saturated carbocycles. The minimum Gasteiger partial charge on any atom is -0.481 e. The van der Waals surface area contributed by atoms with Crippen LogP contribution in [0.25, 0.3) is 0 Å². The molecule has 0 aromatic heterocycles. The number of hydrogen-bond donors (Lipinski definition) is 5. The molecule has 0 aliphatic heterocycles. The maximum absolute atomic E-state index is 9.97. The van der Waals surface area contributed by atoms with E-state index < -0.39 is 48.6 Å². The second-order valence-electron chi connectivity index (χ2n) is 2.75. The van der Waals surface area contributed by atoms with Crippen LogP contribution in [0, 0.1) is 0 Å². The molecule has 0 heterocycles. The maximum Gasteiger partial charge on any atom is 0.372 e. The molecule has 102 valence electrons. The quantitative estimate of drug-likeness (QED) is 0.266. The van der Waals surface area contributed by atoms with Gasteiger partial charge in [0.1, 0.15) is 6.42 Å². The van der Waals surface area contributed by atoms with E-state index in [1.54, 1.807) is 0 Å². The van der Waals surface area contributed by atoms with E-state index in [4.69, 9.17) is 25.5 Å². The number of aliphatic carboxylic acids is 4. The number of ketones is 1. The summed E-state index contributed by atoms with van der Waals surface area (Å²) in [5.41, 5.74) is 0. The Morgan fingerprint density at radius 1 is 0.833 bits per heavy atom. The molecule has 18 heavy (non-hydrogen) atoms. The number of carbonyl (C=O) groups excluding carboxylic acids is 1. The molecule has 0 aromatic rings. The van der Waals surface area contributed by atoms with Crippen molar-refractivity contribution in [3.05, 3.63) is 0 Å². The van der Waals surface area contributed by atoms with Gasteiger partial charge in [-0.2, -0.15) is 0 Å². The van der Waals surface area contributed by atoms with Crippen molar-refractivity contribution in [2.45, 2.75) is 18.9 Å². The van der Waals surface area contributed by atoms with E-state index in [0.29, 0.717) is 0 Å². The van der Waals surface area contributed by atoms with E-state index in [9.17, 15) is 24.0 Å². The van der Waals surface area contributed by atoms with Crippen LogP contribution in [0.15, 0.2) is 0 Å². The fourth-order valence-electron chi connectivity index (χ4n) is 0.466. The maximum atomic E-state index is 9.97. The first-order valence-corrected chi connectivity index (χ1v) is 4.18. The summed E-state index contributed by atoms with van der Waals surface area (Å²) in [5.74, 6) is -7.29. The predicted octanol–water partition coefficient (Wildman–Crippen LogP) is -1.98. The number of hydrogen-bond acceptors (Lipinski definition) is 6. The molecule has 10 nitrogen and oxygen atoms in total. The summed E-state index contributed by atoms with van der Waals surface area (Å²) in [5, 5.41) is 39.8. The zero-order chi connectivity index (χ0) is 14.9. The second-order valence-corrected chi connectivity index (χ2v) is 2.75. The third kappa shape index (κ3) is 11.6. The van der Waals surface area contributed by atoms with Crippen LogP contribution in [0.1, 0.15) is 12.8 Å². The minimum absolute atomic E-state index is 0.755. The smallest absolute Gasteiger partial charge is 0.372 e. The molecule has 1 unspecified atom stereocenters. The van der Waals surface area contributed by atoms with Gasteiger partial charge >= 0.3 is 23.9 Å². The normalized spacial score (nSPS) is 10.5. The zero-order valence-electron chi connectivity index (χ0n) is 8.77. The first kappa shape index (κ1) is 17.9. The average molecular weight is 266 g/mol. The fraction of sp³-hybridized carbons (Fsp3) is 0.375. The molecule has 0 spiro atoms. The van der Waals surface area contributed by atoms with E-state index in [1.807, 2.05) is 0 Å². The summed E-state index contributed by atoms with van der Waals surface area (Å²) in [4.78, 5) is 48.6. The first-order chi connectivity index (χ1) is 8.07. The van der Waals surface area contributed by atoms with Crippen LogP contribution in [0.2, 0.25) is 0 Å². The first-order valence-electron chi connectivity index (χ1n) is 4.18. The lowest BCUT2D eigenvalue weighted by Crippen LogP contribution is -2.22. The molecule has 10 heteroatoms. The van der Waals surface area contributed by atoms with E-state index in [1.165, 1.54) is 0 Å². The molecule has 1 atom stereocenters. The predicted molar refractivity (Wildman–Crippen MR) is 50.8 cm³/mol. The van der Waals surface area contributed by atoms with Gasteiger partial charge in [0, 0.05) is 0 Å². The van der Waals surface area contributed by atoms with Crippen molar-refractivity contribution in [3.8, 4) is 0 Å². The summed E-state index contributed by atoms with van der Waals surface area (Å²) in [7, 11) is 0. The van der Waals surface area contributed by atoms with Gasteiger partial charge < -0.3 is 25.5 Å². The number of aliphatic hydroxyl groups excluding tert-OH is 1. The highest BCUT2D eigenvalue weighted by molar-refractivity contribution is 6.35. The largest absolute Gasteiger partial charge is 0.481 e. The van der Waals surface area contributed by atoms with Gasteiger partial charge in [-0.05, 0) is 0 Å². The Hall–Kier alpha value is -2.49. The SMILES string of the molecule is O=C(O)CC(=O)C(=O)O.O=C(O)CC(O)C(=O)O. The number of carboxylic acids is 4. The zero-order valence-corrected chi connectivity index (χ0v) is 8.77. The van der Waals surface area contributed by atoms with Crippen LogP contribution in [-0.2, 0) is 24.0 Å². The molecule has 0 radical (unpaired) electrons. The van der Waals surface area contributed by atoms with Crippen molar-refractivity contribution >= 4 is 29.7 Å². The Labute approximate surface area is 99.1 Å². The number of carboxylic acid groups (broad SMARTS) is 4. The van der Waals surface area contributed by atoms with E-state index >= 15 is 0 Å². The third-order valence-corrected chi connectivity index (χ3v) is 1.20. The Kier molecular flexibility index (Phi) is 8.59. The van der Waals surface area contributed by atoms with Crippen LogP contribution < -0.4 is 0 Å². The standard InChI is InChI=1S/C4H6O5.C4H4O5/c2*5-2(4(8)9)1-3(6)7/h2,5H,1H2,(H,6,7)(H,8,9);1H2,(H,6,7)(H,8,9). The Balaban J connectivity index is 0. The molecular formula is C8H10O10. The highest BCUT2D eigenvalue weighted by Gasteiger charge is 2.16. The molecule has 0 aliphatic rings. The van der Waals surface area contributed by atoms with Crippen LogP contribution in [0.3, 0.4) is 0 Å². The number of rotatable bonds is 6. The number of carbonyl (C=O) groups is 5. The van der Waals surface area contributed by atoms with Gasteiger partial charge in [0.15, 0.2) is 6.10 Å². The number of Topliss-reactive ketones (excluding diaryl/α,β-unsaturated/α-hetero) is 1. The van der Waals surface area contributed by atoms with Crippen molar-refractivity contribution in [2.75, 3.05) is 0 Å². The lowest BCUT2D eigenvalue weighted by molar-refractivity contribution is -0.153. The Morgan fingerprint density at radius 3 is 1.39 bits per heavy atom. The van der Waals surface area contributed by atoms with Gasteiger partial charge in [-0.1, -0.05) is 0 Å².